The average Bonchev–Trinajstić information content (AvgIpc) is 2.17. The molecule has 0 saturated carbocycles. The van der Waals surface area contributed by atoms with Crippen molar-refractivity contribution in [1.29, 1.82) is 0 Å². The Morgan fingerprint density at radius 2 is 2.12 bits per heavy atom. The number of nitrogens with one attached hydrogen (secondary N) is 1. The molecule has 0 fully saturated rings. The number of hydrogen-bond donors (Lipinski definition) is 2. The molecular formula is C12H26N2OS. The Balaban J connectivity index is 3.93. The van der Waals surface area contributed by atoms with Gasteiger partial charge in [-0.15, -0.1) is 0 Å². The monoisotopic (exact) mass is 246 g/mol. The molecule has 1 amide bonds. The van der Waals surface area contributed by atoms with Gasteiger partial charge in [0.15, 0.2) is 0 Å². The summed E-state index contributed by atoms with van der Waals surface area (Å²) in [6.07, 6.45) is 2.67. The molecule has 0 aromatic carbocycles. The van der Waals surface area contributed by atoms with E-state index in [0.29, 0.717) is 0 Å². The summed E-state index contributed by atoms with van der Waals surface area (Å²) in [6, 6.07) is 0.214. The minimum atomic E-state index is -0.721. The van der Waals surface area contributed by atoms with Crippen LogP contribution in [0.25, 0.3) is 0 Å². The van der Waals surface area contributed by atoms with Crippen LogP contribution in [0.1, 0.15) is 47.0 Å². The predicted octanol–water partition coefficient (Wildman–Crippen LogP) is 2.15. The molecule has 4 heteroatoms. The summed E-state index contributed by atoms with van der Waals surface area (Å²) in [5.74, 6) is 2.20. The maximum absolute atomic E-state index is 11.9. The zero-order valence-corrected chi connectivity index (χ0v) is 11.8. The van der Waals surface area contributed by atoms with E-state index in [0.717, 1.165) is 30.8 Å². The van der Waals surface area contributed by atoms with Gasteiger partial charge in [0.2, 0.25) is 5.91 Å². The van der Waals surface area contributed by atoms with Gasteiger partial charge in [-0.2, -0.15) is 11.8 Å². The van der Waals surface area contributed by atoms with E-state index in [1.165, 1.54) is 0 Å². The second-order valence-electron chi connectivity index (χ2n) is 4.53. The fourth-order valence-corrected chi connectivity index (χ4v) is 2.31. The van der Waals surface area contributed by atoms with Gasteiger partial charge in [0.05, 0.1) is 5.54 Å². The number of thioether (sulfide) groups is 1. The first kappa shape index (κ1) is 15.8. The first-order valence-corrected chi connectivity index (χ1v) is 7.27. The quantitative estimate of drug-likeness (QED) is 0.645. The molecule has 0 aromatic heterocycles. The summed E-state index contributed by atoms with van der Waals surface area (Å²) >= 11 is 1.90. The SMILES string of the molecule is CCCC(C)(N)C(=O)NC(C)CCSCC. The van der Waals surface area contributed by atoms with Crippen LogP contribution in [0.15, 0.2) is 0 Å². The lowest BCUT2D eigenvalue weighted by molar-refractivity contribution is -0.126. The molecule has 96 valence electrons. The summed E-state index contributed by atoms with van der Waals surface area (Å²) in [5, 5.41) is 2.99. The van der Waals surface area contributed by atoms with Gasteiger partial charge in [-0.05, 0) is 38.2 Å². The third-order valence-corrected chi connectivity index (χ3v) is 3.50. The molecule has 2 atom stereocenters. The van der Waals surface area contributed by atoms with Crippen LogP contribution in [0.2, 0.25) is 0 Å². The number of nitrogens with two attached hydrogens (primary N) is 1. The zero-order chi connectivity index (χ0) is 12.6. The highest BCUT2D eigenvalue weighted by molar-refractivity contribution is 7.99. The maximum Gasteiger partial charge on any atom is 0.240 e. The molecule has 0 heterocycles. The molecule has 3 nitrogen and oxygen atoms in total. The zero-order valence-electron chi connectivity index (χ0n) is 11.0. The van der Waals surface area contributed by atoms with Gasteiger partial charge in [0.1, 0.15) is 0 Å². The molecule has 0 bridgehead atoms. The van der Waals surface area contributed by atoms with Gasteiger partial charge in [-0.25, -0.2) is 0 Å². The maximum atomic E-state index is 11.9. The van der Waals surface area contributed by atoms with Crippen LogP contribution in [0.5, 0.6) is 0 Å². The molecule has 0 aromatic rings. The van der Waals surface area contributed by atoms with Crippen LogP contribution in [0, 0.1) is 0 Å². The van der Waals surface area contributed by atoms with Crippen molar-refractivity contribution in [2.75, 3.05) is 11.5 Å². The molecule has 0 saturated heterocycles. The van der Waals surface area contributed by atoms with Crippen molar-refractivity contribution in [1.82, 2.24) is 5.32 Å². The third-order valence-electron chi connectivity index (χ3n) is 2.56. The minimum Gasteiger partial charge on any atom is -0.352 e. The van der Waals surface area contributed by atoms with E-state index in [9.17, 15) is 4.79 Å². The molecule has 0 spiro atoms. The van der Waals surface area contributed by atoms with Crippen molar-refractivity contribution in [3.63, 3.8) is 0 Å². The van der Waals surface area contributed by atoms with E-state index in [4.69, 9.17) is 5.73 Å². The molecule has 0 radical (unpaired) electrons. The van der Waals surface area contributed by atoms with Crippen molar-refractivity contribution in [2.24, 2.45) is 5.73 Å². The van der Waals surface area contributed by atoms with E-state index in [1.54, 1.807) is 6.92 Å². The van der Waals surface area contributed by atoms with E-state index in [-0.39, 0.29) is 11.9 Å². The van der Waals surface area contributed by atoms with Crippen LogP contribution in [0.4, 0.5) is 0 Å². The summed E-state index contributed by atoms with van der Waals surface area (Å²) < 4.78 is 0. The first-order valence-electron chi connectivity index (χ1n) is 6.11. The topological polar surface area (TPSA) is 55.1 Å². The van der Waals surface area contributed by atoms with Crippen LogP contribution in [-0.2, 0) is 4.79 Å². The smallest absolute Gasteiger partial charge is 0.240 e. The fourth-order valence-electron chi connectivity index (χ4n) is 1.50. The second kappa shape index (κ2) is 7.96. The highest BCUT2D eigenvalue weighted by atomic mass is 32.2. The van der Waals surface area contributed by atoms with Crippen molar-refractivity contribution in [2.45, 2.75) is 58.5 Å². The average molecular weight is 246 g/mol. The Morgan fingerprint density at radius 1 is 1.50 bits per heavy atom. The Kier molecular flexibility index (Phi) is 7.85. The first-order chi connectivity index (χ1) is 7.44. The van der Waals surface area contributed by atoms with Gasteiger partial charge in [0, 0.05) is 6.04 Å². The van der Waals surface area contributed by atoms with E-state index >= 15 is 0 Å². The number of hydrogen-bond acceptors (Lipinski definition) is 3. The van der Waals surface area contributed by atoms with Crippen LogP contribution in [-0.4, -0.2) is 29.0 Å². The Morgan fingerprint density at radius 3 is 2.62 bits per heavy atom. The molecule has 2 unspecified atom stereocenters. The third kappa shape index (κ3) is 6.38. The predicted molar refractivity (Wildman–Crippen MR) is 72.7 cm³/mol. The van der Waals surface area contributed by atoms with Gasteiger partial charge in [-0.1, -0.05) is 20.3 Å². The Hall–Kier alpha value is -0.220. The van der Waals surface area contributed by atoms with Gasteiger partial charge >= 0.3 is 0 Å². The lowest BCUT2D eigenvalue weighted by Crippen LogP contribution is -2.53. The van der Waals surface area contributed by atoms with E-state index in [1.807, 2.05) is 25.6 Å². The molecule has 0 aliphatic carbocycles. The van der Waals surface area contributed by atoms with Crippen LogP contribution >= 0.6 is 11.8 Å². The van der Waals surface area contributed by atoms with Crippen molar-refractivity contribution in [3.05, 3.63) is 0 Å². The van der Waals surface area contributed by atoms with Crippen LogP contribution in [0.3, 0.4) is 0 Å². The molecule has 0 aliphatic heterocycles. The van der Waals surface area contributed by atoms with E-state index in [2.05, 4.69) is 12.2 Å². The Labute approximate surface area is 104 Å². The van der Waals surface area contributed by atoms with Crippen LogP contribution < -0.4 is 11.1 Å². The molecule has 16 heavy (non-hydrogen) atoms. The highest BCUT2D eigenvalue weighted by Crippen LogP contribution is 2.10. The van der Waals surface area contributed by atoms with Crippen molar-refractivity contribution in [3.8, 4) is 0 Å². The normalized spacial score (nSPS) is 16.6. The number of rotatable bonds is 8. The summed E-state index contributed by atoms with van der Waals surface area (Å²) in [5.41, 5.74) is 5.24. The van der Waals surface area contributed by atoms with Gasteiger partial charge in [-0.3, -0.25) is 4.79 Å². The minimum absolute atomic E-state index is 0.0247. The van der Waals surface area contributed by atoms with Gasteiger partial charge in [0.25, 0.3) is 0 Å². The largest absolute Gasteiger partial charge is 0.352 e. The highest BCUT2D eigenvalue weighted by Gasteiger charge is 2.27. The Bertz CT molecular complexity index is 207. The van der Waals surface area contributed by atoms with E-state index < -0.39 is 5.54 Å². The number of carbonyl (C=O) groups is 1. The van der Waals surface area contributed by atoms with Crippen molar-refractivity contribution >= 4 is 17.7 Å². The van der Waals surface area contributed by atoms with Gasteiger partial charge < -0.3 is 11.1 Å². The standard InChI is InChI=1S/C12H26N2OS/c1-5-8-12(4,13)11(15)14-10(3)7-9-16-6-2/h10H,5-9,13H2,1-4H3,(H,14,15). The lowest BCUT2D eigenvalue weighted by atomic mass is 9.96. The molecule has 0 aliphatic rings. The summed E-state index contributed by atoms with van der Waals surface area (Å²) in [7, 11) is 0. The molecule has 0 rings (SSSR count). The molecular weight excluding hydrogens is 220 g/mol. The number of carbonyl (C=O) groups excluding carboxylic acids is 1. The lowest BCUT2D eigenvalue weighted by Gasteiger charge is -2.25. The fraction of sp³-hybridized carbons (Fsp3) is 0.917. The second-order valence-corrected chi connectivity index (χ2v) is 5.92. The van der Waals surface area contributed by atoms with Crippen molar-refractivity contribution < 1.29 is 4.79 Å². The number of amides is 1. The molecule has 3 N–H and O–H groups in total. The summed E-state index contributed by atoms with van der Waals surface area (Å²) in [6.45, 7) is 8.03. The summed E-state index contributed by atoms with van der Waals surface area (Å²) in [4.78, 5) is 11.9.